The molecule has 1 atom stereocenters. The van der Waals surface area contributed by atoms with E-state index in [1.165, 1.54) is 9.75 Å². The maximum atomic E-state index is 13.3. The molecule has 150 valence electrons. The molecule has 0 spiro atoms. The average Bonchev–Trinajstić information content (AvgIpc) is 3.47. The molecule has 2 amide bonds. The number of hydrogen-bond acceptors (Lipinski definition) is 3. The van der Waals surface area contributed by atoms with Gasteiger partial charge in [-0.1, -0.05) is 37.3 Å². The lowest BCUT2D eigenvalue weighted by Gasteiger charge is -2.31. The summed E-state index contributed by atoms with van der Waals surface area (Å²) in [5, 5.41) is 0. The fourth-order valence-electron chi connectivity index (χ4n) is 3.28. The van der Waals surface area contributed by atoms with Crippen LogP contribution in [0.25, 0.3) is 0 Å². The van der Waals surface area contributed by atoms with Crippen molar-refractivity contribution in [2.24, 2.45) is 5.92 Å². The Bertz CT molecular complexity index is 798. The van der Waals surface area contributed by atoms with Crippen LogP contribution in [0.2, 0.25) is 0 Å². The van der Waals surface area contributed by atoms with Gasteiger partial charge >= 0.3 is 0 Å². The van der Waals surface area contributed by atoms with E-state index in [1.807, 2.05) is 42.2 Å². The molecule has 0 bridgehead atoms. The average molecular weight is 399 g/mol. The highest BCUT2D eigenvalue weighted by molar-refractivity contribution is 7.11. The number of carbonyl (C=O) groups excluding carboxylic acids is 2. The number of carbonyl (C=O) groups is 2. The van der Waals surface area contributed by atoms with Crippen molar-refractivity contribution in [3.8, 4) is 0 Å². The molecule has 1 aromatic carbocycles. The van der Waals surface area contributed by atoms with Crippen molar-refractivity contribution in [1.82, 2.24) is 9.80 Å². The largest absolute Gasteiger partial charge is 0.332 e. The summed E-state index contributed by atoms with van der Waals surface area (Å²) in [6, 6.07) is 14.3. The number of benzene rings is 1. The van der Waals surface area contributed by atoms with Crippen LogP contribution in [0.1, 0.15) is 48.4 Å². The summed E-state index contributed by atoms with van der Waals surface area (Å²) in [6.07, 6.45) is 2.78. The van der Waals surface area contributed by atoms with Crippen molar-refractivity contribution in [3.05, 3.63) is 57.8 Å². The van der Waals surface area contributed by atoms with Crippen molar-refractivity contribution in [2.75, 3.05) is 6.54 Å². The molecule has 1 heterocycles. The van der Waals surface area contributed by atoms with Crippen LogP contribution in [0.15, 0.2) is 42.5 Å². The third-order valence-corrected chi connectivity index (χ3v) is 6.34. The Morgan fingerprint density at radius 3 is 2.39 bits per heavy atom. The molecule has 3 rings (SSSR count). The predicted molar refractivity (Wildman–Crippen MR) is 114 cm³/mol. The highest BCUT2D eigenvalue weighted by Crippen LogP contribution is 2.32. The first-order valence-corrected chi connectivity index (χ1v) is 11.0. The highest BCUT2D eigenvalue weighted by atomic mass is 32.1. The number of nitrogens with zero attached hydrogens (tertiary/aromatic N) is 2. The second-order valence-corrected chi connectivity index (χ2v) is 9.12. The Morgan fingerprint density at radius 1 is 1.11 bits per heavy atom. The second-order valence-electron chi connectivity index (χ2n) is 7.75. The van der Waals surface area contributed by atoms with E-state index in [0.717, 1.165) is 24.8 Å². The van der Waals surface area contributed by atoms with Crippen LogP contribution in [-0.4, -0.2) is 34.2 Å². The third-order valence-electron chi connectivity index (χ3n) is 5.35. The van der Waals surface area contributed by atoms with Gasteiger partial charge in [-0.3, -0.25) is 9.59 Å². The molecule has 0 aliphatic heterocycles. The van der Waals surface area contributed by atoms with Crippen LogP contribution in [0, 0.1) is 12.8 Å². The van der Waals surface area contributed by atoms with E-state index < -0.39 is 0 Å². The van der Waals surface area contributed by atoms with Gasteiger partial charge in [-0.15, -0.1) is 11.3 Å². The summed E-state index contributed by atoms with van der Waals surface area (Å²) in [6.45, 7) is 7.50. The number of thiophene rings is 1. The van der Waals surface area contributed by atoms with Crippen LogP contribution in [0.5, 0.6) is 0 Å². The van der Waals surface area contributed by atoms with Crippen LogP contribution in [0.3, 0.4) is 0 Å². The highest BCUT2D eigenvalue weighted by Gasteiger charge is 2.36. The summed E-state index contributed by atoms with van der Waals surface area (Å²) < 4.78 is 0. The molecule has 0 saturated heterocycles. The minimum atomic E-state index is 0.0178. The van der Waals surface area contributed by atoms with Gasteiger partial charge in [-0.05, 0) is 50.8 Å². The Morgan fingerprint density at radius 2 is 1.82 bits per heavy atom. The van der Waals surface area contributed by atoms with Gasteiger partial charge in [0, 0.05) is 28.3 Å². The number of aryl methyl sites for hydroxylation is 1. The van der Waals surface area contributed by atoms with Crippen molar-refractivity contribution < 1.29 is 9.59 Å². The molecule has 2 aromatic rings. The first-order valence-electron chi connectivity index (χ1n) is 10.2. The van der Waals surface area contributed by atoms with Crippen molar-refractivity contribution in [1.29, 1.82) is 0 Å². The summed E-state index contributed by atoms with van der Waals surface area (Å²) in [7, 11) is 0. The number of hydrogen-bond donors (Lipinski definition) is 0. The van der Waals surface area contributed by atoms with Gasteiger partial charge in [0.2, 0.25) is 11.8 Å². The lowest BCUT2D eigenvalue weighted by Crippen LogP contribution is -2.46. The van der Waals surface area contributed by atoms with Crippen molar-refractivity contribution in [3.63, 3.8) is 0 Å². The molecule has 0 radical (unpaired) electrons. The van der Waals surface area contributed by atoms with Crippen molar-refractivity contribution >= 4 is 23.2 Å². The Kier molecular flexibility index (Phi) is 6.89. The molecule has 1 fully saturated rings. The Hall–Kier alpha value is -2.14. The molecule has 1 saturated carbocycles. The summed E-state index contributed by atoms with van der Waals surface area (Å²) in [5.41, 5.74) is 1.10. The van der Waals surface area contributed by atoms with Crippen LogP contribution in [-0.2, 0) is 22.7 Å². The molecule has 28 heavy (non-hydrogen) atoms. The normalized spacial score (nSPS) is 14.5. The maximum absolute atomic E-state index is 13.3. The topological polar surface area (TPSA) is 40.6 Å². The molecule has 1 aromatic heterocycles. The van der Waals surface area contributed by atoms with Crippen molar-refractivity contribution in [2.45, 2.75) is 59.2 Å². The van der Waals surface area contributed by atoms with E-state index in [9.17, 15) is 9.59 Å². The molecule has 0 N–H and O–H groups in total. The first-order chi connectivity index (χ1) is 13.5. The third kappa shape index (κ3) is 5.44. The van der Waals surface area contributed by atoms with Gasteiger partial charge in [-0.2, -0.15) is 0 Å². The molecular formula is C23H30N2O2S. The fraction of sp³-hybridized carbons (Fsp3) is 0.478. The van der Waals surface area contributed by atoms with E-state index in [-0.39, 0.29) is 30.3 Å². The second kappa shape index (κ2) is 9.37. The van der Waals surface area contributed by atoms with E-state index in [4.69, 9.17) is 0 Å². The van der Waals surface area contributed by atoms with Crippen LogP contribution < -0.4 is 0 Å². The molecule has 1 aliphatic rings. The quantitative estimate of drug-likeness (QED) is 0.618. The van der Waals surface area contributed by atoms with Gasteiger partial charge in [0.05, 0.1) is 6.54 Å². The molecule has 4 nitrogen and oxygen atoms in total. The van der Waals surface area contributed by atoms with E-state index in [0.29, 0.717) is 13.1 Å². The zero-order valence-electron chi connectivity index (χ0n) is 17.1. The zero-order valence-corrected chi connectivity index (χ0v) is 17.9. The molecular weight excluding hydrogens is 368 g/mol. The fourth-order valence-corrected chi connectivity index (χ4v) is 4.18. The number of rotatable bonds is 9. The van der Waals surface area contributed by atoms with Crippen LogP contribution >= 0.6 is 11.3 Å². The summed E-state index contributed by atoms with van der Waals surface area (Å²) >= 11 is 1.72. The van der Waals surface area contributed by atoms with E-state index >= 15 is 0 Å². The maximum Gasteiger partial charge on any atom is 0.242 e. The summed E-state index contributed by atoms with van der Waals surface area (Å²) in [4.78, 5) is 32.1. The molecule has 5 heteroatoms. The SMILES string of the molecule is CC[C@@H](C)N(CC(=O)N(Cc1ccccc1)Cc1ccc(C)s1)C(=O)C1CC1. The molecule has 1 aliphatic carbocycles. The minimum absolute atomic E-state index is 0.0178. The van der Waals surface area contributed by atoms with Gasteiger partial charge in [-0.25, -0.2) is 0 Å². The smallest absolute Gasteiger partial charge is 0.242 e. The number of amides is 2. The zero-order chi connectivity index (χ0) is 20.1. The lowest BCUT2D eigenvalue weighted by molar-refractivity contribution is -0.143. The van der Waals surface area contributed by atoms with Gasteiger partial charge < -0.3 is 9.80 Å². The monoisotopic (exact) mass is 398 g/mol. The van der Waals surface area contributed by atoms with Gasteiger partial charge in [0.1, 0.15) is 6.54 Å². The van der Waals surface area contributed by atoms with Crippen LogP contribution in [0.4, 0.5) is 0 Å². The van der Waals surface area contributed by atoms with E-state index in [2.05, 4.69) is 26.0 Å². The lowest BCUT2D eigenvalue weighted by atomic mass is 10.1. The Balaban J connectivity index is 1.76. The Labute approximate surface area is 172 Å². The first kappa shape index (κ1) is 20.6. The standard InChI is InChI=1S/C23H30N2O2S/c1-4-17(2)25(23(27)20-11-12-20)16-22(26)24(14-19-8-6-5-7-9-19)15-21-13-10-18(3)28-21/h5-10,13,17,20H,4,11-12,14-16H2,1-3H3/t17-/m1/s1. The van der Waals surface area contributed by atoms with Gasteiger partial charge in [0.25, 0.3) is 0 Å². The minimum Gasteiger partial charge on any atom is -0.332 e. The van der Waals surface area contributed by atoms with Gasteiger partial charge in [0.15, 0.2) is 0 Å². The summed E-state index contributed by atoms with van der Waals surface area (Å²) in [5.74, 6) is 0.294. The van der Waals surface area contributed by atoms with E-state index in [1.54, 1.807) is 16.2 Å². The molecule has 0 unspecified atom stereocenters. The predicted octanol–water partition coefficient (Wildman–Crippen LogP) is 4.62.